The maximum absolute atomic E-state index is 11.0. The van der Waals surface area contributed by atoms with Crippen molar-refractivity contribution in [3.63, 3.8) is 0 Å². The molecule has 0 saturated heterocycles. The fraction of sp³-hybridized carbons (Fsp3) is 0.667. The number of nitrogens with one attached hydrogen (secondary N) is 5. The van der Waals surface area contributed by atoms with Crippen LogP contribution in [0.1, 0.15) is 49.0 Å². The Balaban J connectivity index is -0.0000000364. The molecule has 0 aliphatic rings. The topological polar surface area (TPSA) is 440 Å². The number of carbonyl (C=O) groups is 10. The number of carboxylic acid groups (broad SMARTS) is 3. The average molecular weight is 1290 g/mol. The summed E-state index contributed by atoms with van der Waals surface area (Å²) in [6.07, 6.45) is 0. The third-order valence-corrected chi connectivity index (χ3v) is 4.06. The van der Waals surface area contributed by atoms with Crippen LogP contribution in [0.2, 0.25) is 0 Å². The van der Waals surface area contributed by atoms with E-state index in [1.54, 1.807) is 21.0 Å². The van der Waals surface area contributed by atoms with Gasteiger partial charge < -0.3 is 78.2 Å². The summed E-state index contributed by atoms with van der Waals surface area (Å²) in [4.78, 5) is 103. The molecule has 0 aliphatic heterocycles. The van der Waals surface area contributed by atoms with Gasteiger partial charge in [0.25, 0.3) is 5.97 Å². The Morgan fingerprint density at radius 3 is 0.984 bits per heavy atom. The number of esters is 2. The van der Waals surface area contributed by atoms with E-state index in [0.717, 1.165) is 6.92 Å². The Morgan fingerprint density at radius 2 is 0.855 bits per heavy atom. The molecule has 32 heteroatoms. The zero-order valence-electron chi connectivity index (χ0n) is 34.8. The number of halogens is 1. The van der Waals surface area contributed by atoms with Crippen LogP contribution < -0.4 is 38.1 Å². The third-order valence-electron chi connectivity index (χ3n) is 4.06. The van der Waals surface area contributed by atoms with Gasteiger partial charge in [-0.1, -0.05) is 30.0 Å². The van der Waals surface area contributed by atoms with Gasteiger partial charge in [0.05, 0.1) is 26.4 Å². The van der Waals surface area contributed by atoms with E-state index in [9.17, 15) is 43.2 Å². The molecule has 0 heterocycles. The van der Waals surface area contributed by atoms with Crippen molar-refractivity contribution in [3.8, 4) is 0 Å². The van der Waals surface area contributed by atoms with E-state index in [-0.39, 0.29) is 174 Å². The Hall–Kier alpha value is 0.450. The zero-order chi connectivity index (χ0) is 47.9. The fourth-order valence-corrected chi connectivity index (χ4v) is 2.09. The summed E-state index contributed by atoms with van der Waals surface area (Å²) in [6.45, 7) is 5.97. The standard InChI is InChI=1S/C7H14N2O3.C6H12N2O3.C5H9NO4.C4H6O3.C3H7NO3.C2H4O2.CH3I.CH5N.CH4.2Ag.3Ar.O/c1-5(10)9-6(4-12-3)7(11)8-2;1-4(10)8-5(3-9)6(11)7-2;1-3(8)6-4(2-7)5(9)10;1-3(5)7-4(2)6;4-2(1-5)3(6)7;1-2(3)4;2*1-2;;;;;;;/h6H,4H2,1-3H3,(H,8,11)(H,9,10);5,9H,3H2,1-2H3,(H,7,11)(H,8,10);4,7H,2H2,1H3,(H,6,8)(H,9,10);1-2H3;2,5H,1,4H2,(H,6,7);1H3,(H,3,4);1H3;2H2,1H3;1H4;;;;;;. The number of aliphatic hydroxyl groups excluding tert-OH is 3. The Kier molecular flexibility index (Phi) is 127. The predicted octanol–water partition coefficient (Wildman–Crippen LogP) is -4.60. The summed E-state index contributed by atoms with van der Waals surface area (Å²) in [5.41, 5.74) is 9.27. The van der Waals surface area contributed by atoms with Crippen molar-refractivity contribution < 1.29 is 248 Å². The quantitative estimate of drug-likeness (QED) is 0.0287. The van der Waals surface area contributed by atoms with Gasteiger partial charge in [0, 0.05) is 198 Å². The molecule has 4 unspecified atom stereocenters. The number of rotatable bonds is 12. The van der Waals surface area contributed by atoms with E-state index < -0.39 is 79.0 Å². The Bertz CT molecular complexity index is 1130. The van der Waals surface area contributed by atoms with Gasteiger partial charge in [-0.3, -0.25) is 43.2 Å². The number of aliphatic hydroxyl groups is 3. The molecule has 0 bridgehead atoms. The molecule has 0 spiro atoms. The maximum atomic E-state index is 11.0. The van der Waals surface area contributed by atoms with E-state index in [1.807, 2.05) is 10.2 Å². The molecule has 1 radical (unpaired) electrons. The number of methoxy groups -OCH3 is 1. The van der Waals surface area contributed by atoms with Crippen molar-refractivity contribution in [2.24, 2.45) is 11.5 Å². The summed E-state index contributed by atoms with van der Waals surface area (Å²) in [5.74, 6) is -6.09. The first-order chi connectivity index (χ1) is 26.3. The van der Waals surface area contributed by atoms with E-state index in [4.69, 9.17) is 49.2 Å². The molecule has 5 amide bonds. The van der Waals surface area contributed by atoms with Crippen LogP contribution in [0, 0.1) is 113 Å². The van der Waals surface area contributed by atoms with Crippen LogP contribution in [0.15, 0.2) is 0 Å². The van der Waals surface area contributed by atoms with Crippen LogP contribution in [0.3, 0.4) is 0 Å². The fourth-order valence-electron chi connectivity index (χ4n) is 2.09. The number of carboxylic acids is 3. The van der Waals surface area contributed by atoms with Crippen molar-refractivity contribution in [3.05, 3.63) is 0 Å². The molecule has 0 aliphatic carbocycles. The monoisotopic (exact) mass is 1290 g/mol. The van der Waals surface area contributed by atoms with Gasteiger partial charge in [-0.2, -0.15) is 0 Å². The van der Waals surface area contributed by atoms with Crippen LogP contribution in [-0.2, 0) is 104 Å². The molecule has 0 fully saturated rings. The molecule has 386 valence electrons. The Morgan fingerprint density at radius 1 is 0.597 bits per heavy atom. The molecule has 0 aromatic heterocycles. The molecule has 0 aromatic carbocycles. The first-order valence-corrected chi connectivity index (χ1v) is 17.8. The molecule has 62 heavy (non-hydrogen) atoms. The molecular formula is C30H64Ag2Ar3IN7O19. The van der Waals surface area contributed by atoms with Crippen LogP contribution in [0.25, 0.3) is 0 Å². The molecule has 0 aromatic rings. The second-order valence-corrected chi connectivity index (χ2v) is 8.88. The molecule has 0 saturated carbocycles. The predicted molar refractivity (Wildman–Crippen MR) is 211 cm³/mol. The molecular weight excluding hydrogens is 1220 g/mol. The number of ether oxygens (including phenoxy) is 2. The van der Waals surface area contributed by atoms with Crippen molar-refractivity contribution >= 4 is 82.0 Å². The number of alkyl halides is 1. The van der Waals surface area contributed by atoms with Crippen molar-refractivity contribution in [1.82, 2.24) is 26.6 Å². The van der Waals surface area contributed by atoms with Crippen LogP contribution in [0.4, 0.5) is 0 Å². The number of amides is 5. The number of nitrogens with two attached hydrogens (primary N) is 2. The van der Waals surface area contributed by atoms with Gasteiger partial charge in [-0.25, -0.2) is 4.79 Å². The van der Waals surface area contributed by atoms with E-state index in [1.165, 1.54) is 62.9 Å². The van der Waals surface area contributed by atoms with Gasteiger partial charge in [-0.05, 0) is 12.0 Å². The number of carbonyl (C=O) groups excluding carboxylic acids is 7. The first kappa shape index (κ1) is 100. The zero-order valence-corrected chi connectivity index (χ0v) is 42.1. The third kappa shape index (κ3) is 103. The van der Waals surface area contributed by atoms with E-state index in [0.29, 0.717) is 0 Å². The normalized spacial score (nSPS) is 9.47. The summed E-state index contributed by atoms with van der Waals surface area (Å²) in [5, 5.41) is 60.0. The minimum absolute atomic E-state index is 0. The Labute approximate surface area is 493 Å². The number of hydrogen-bond donors (Lipinski definition) is 13. The summed E-state index contributed by atoms with van der Waals surface area (Å²) < 4.78 is 16.8. The van der Waals surface area contributed by atoms with E-state index >= 15 is 0 Å². The van der Waals surface area contributed by atoms with Crippen LogP contribution in [-0.4, -0.2) is 174 Å². The van der Waals surface area contributed by atoms with Crippen LogP contribution in [0.5, 0.6) is 0 Å². The van der Waals surface area contributed by atoms with E-state index in [2.05, 4.69) is 54.3 Å². The van der Waals surface area contributed by atoms with Gasteiger partial charge in [0.15, 0.2) is 0 Å². The minimum atomic E-state index is -1.24. The molecule has 15 N–H and O–H groups in total. The first-order valence-electron chi connectivity index (χ1n) is 15.1. The van der Waals surface area contributed by atoms with Gasteiger partial charge in [0.1, 0.15) is 24.2 Å². The molecule has 4 atom stereocenters. The second-order valence-electron chi connectivity index (χ2n) is 8.88. The van der Waals surface area contributed by atoms with Crippen LogP contribution >= 0.6 is 22.6 Å². The molecule has 0 rings (SSSR count). The number of aliphatic carboxylic acids is 3. The van der Waals surface area contributed by atoms with Gasteiger partial charge in [-0.15, -0.1) is 0 Å². The van der Waals surface area contributed by atoms with Crippen molar-refractivity contribution in [1.29, 1.82) is 0 Å². The van der Waals surface area contributed by atoms with Gasteiger partial charge >= 0.3 is 48.2 Å². The average Bonchev–Trinajstić information content (AvgIpc) is 3.13. The van der Waals surface area contributed by atoms with Crippen molar-refractivity contribution in [2.45, 2.75) is 73.1 Å². The summed E-state index contributed by atoms with van der Waals surface area (Å²) >= 11 is 3.85. The number of likely N-dealkylation sites (N-methyl/N-ethyl adjacent to an activating group) is 2. The second kappa shape index (κ2) is 78.6. The summed E-state index contributed by atoms with van der Waals surface area (Å²) in [7, 11) is 5.91. The summed E-state index contributed by atoms with van der Waals surface area (Å²) in [6, 6.07) is -3.74. The number of hydrogen-bond acceptors (Lipinski definition) is 18. The van der Waals surface area contributed by atoms with Gasteiger partial charge in [0.2, 0.25) is 29.5 Å². The SMILES string of the molecule is C.CC(=O)NC(CO)C(=O)O.CC(=O)O.CC(=O)OC(C)=O.CI.CN.CNC(=O)C(CO)NC(C)=O.CNC(=O)C(COC)NC(C)=O.NC(CO)C(=O)O.[Ag].[Ar].[Ar].[Ar].[O]=[Ag]. The molecule has 26 nitrogen and oxygen atoms in total. The van der Waals surface area contributed by atoms with Crippen molar-refractivity contribution in [2.75, 3.05) is 59.6 Å².